The topological polar surface area (TPSA) is 30.1 Å². The maximum absolute atomic E-state index is 6.06. The van der Waals surface area contributed by atoms with E-state index in [1.165, 1.54) is 0 Å². The summed E-state index contributed by atoms with van der Waals surface area (Å²) in [6, 6.07) is 11.9. The van der Waals surface area contributed by atoms with Gasteiger partial charge in [-0.1, -0.05) is 11.6 Å². The molecular formula is C15H15ClN2OS. The highest BCUT2D eigenvalue weighted by Gasteiger charge is 2.20. The zero-order valence-corrected chi connectivity index (χ0v) is 12.8. The summed E-state index contributed by atoms with van der Waals surface area (Å²) in [5.41, 5.74) is 5.81. The highest BCUT2D eigenvalue weighted by atomic mass is 35.5. The monoisotopic (exact) mass is 306 g/mol. The average molecular weight is 307 g/mol. The van der Waals surface area contributed by atoms with Crippen molar-refractivity contribution in [2.45, 2.75) is 19.9 Å². The fraction of sp³-hybridized carbons (Fsp3) is 0.200. The van der Waals surface area contributed by atoms with Crippen LogP contribution in [0.2, 0.25) is 4.34 Å². The number of hydrogen-bond donors (Lipinski definition) is 1. The summed E-state index contributed by atoms with van der Waals surface area (Å²) in [6.45, 7) is 4.14. The fourth-order valence-electron chi connectivity index (χ4n) is 2.21. The number of hydrogen-bond acceptors (Lipinski definition) is 3. The molecule has 0 bridgehead atoms. The molecule has 3 rings (SSSR count). The zero-order chi connectivity index (χ0) is 14.1. The van der Waals surface area contributed by atoms with Crippen LogP contribution in [0.3, 0.4) is 0 Å². The minimum absolute atomic E-state index is 0.0488. The van der Waals surface area contributed by atoms with E-state index in [1.807, 2.05) is 24.3 Å². The van der Waals surface area contributed by atoms with E-state index in [2.05, 4.69) is 36.1 Å². The Morgan fingerprint density at radius 1 is 1.15 bits per heavy atom. The van der Waals surface area contributed by atoms with E-state index >= 15 is 0 Å². The van der Waals surface area contributed by atoms with Crippen molar-refractivity contribution in [3.05, 3.63) is 69.0 Å². The van der Waals surface area contributed by atoms with Crippen LogP contribution in [0.4, 0.5) is 0 Å². The highest BCUT2D eigenvalue weighted by Crippen LogP contribution is 2.32. The second kappa shape index (κ2) is 5.38. The molecule has 3 aromatic rings. The molecule has 0 amide bonds. The van der Waals surface area contributed by atoms with Crippen LogP contribution >= 0.6 is 22.9 Å². The molecule has 1 unspecified atom stereocenters. The van der Waals surface area contributed by atoms with Crippen LogP contribution in [0.1, 0.15) is 28.1 Å². The van der Waals surface area contributed by atoms with Crippen molar-refractivity contribution in [3.63, 3.8) is 0 Å². The highest BCUT2D eigenvalue weighted by molar-refractivity contribution is 7.16. The van der Waals surface area contributed by atoms with Gasteiger partial charge < -0.3 is 9.84 Å². The Bertz CT molecular complexity index is 680. The molecule has 5 heteroatoms. The third-order valence-electron chi connectivity index (χ3n) is 3.24. The van der Waals surface area contributed by atoms with Gasteiger partial charge >= 0.3 is 0 Å². The average Bonchev–Trinajstić information content (AvgIpc) is 3.13. The van der Waals surface area contributed by atoms with Crippen molar-refractivity contribution in [2.75, 3.05) is 5.43 Å². The lowest BCUT2D eigenvalue weighted by Crippen LogP contribution is -2.23. The van der Waals surface area contributed by atoms with E-state index in [-0.39, 0.29) is 6.04 Å². The molecule has 1 N–H and O–H groups in total. The standard InChI is InChI=1S/C15H15ClN2OS/c1-10-5-6-11(2)18(10)17-15(12-4-3-9-19-12)13-7-8-14(16)20-13/h3-9,15,17H,1-2H3. The summed E-state index contributed by atoms with van der Waals surface area (Å²) in [6.07, 6.45) is 1.69. The van der Waals surface area contributed by atoms with Crippen molar-refractivity contribution >= 4 is 22.9 Å². The van der Waals surface area contributed by atoms with E-state index in [0.717, 1.165) is 26.4 Å². The van der Waals surface area contributed by atoms with Gasteiger partial charge in [-0.2, -0.15) is 0 Å². The van der Waals surface area contributed by atoms with Gasteiger partial charge in [0.1, 0.15) is 11.8 Å². The van der Waals surface area contributed by atoms with Gasteiger partial charge in [0.05, 0.1) is 10.6 Å². The largest absolute Gasteiger partial charge is 0.467 e. The first kappa shape index (κ1) is 13.3. The molecule has 3 aromatic heterocycles. The molecule has 0 aromatic carbocycles. The van der Waals surface area contributed by atoms with E-state index < -0.39 is 0 Å². The van der Waals surface area contributed by atoms with Crippen molar-refractivity contribution < 1.29 is 4.42 Å². The fourth-order valence-corrected chi connectivity index (χ4v) is 3.32. The van der Waals surface area contributed by atoms with E-state index in [9.17, 15) is 0 Å². The van der Waals surface area contributed by atoms with Crippen LogP contribution in [0.5, 0.6) is 0 Å². The number of thiophene rings is 1. The molecule has 0 spiro atoms. The Labute approximate surface area is 126 Å². The van der Waals surface area contributed by atoms with Crippen LogP contribution in [0, 0.1) is 13.8 Å². The number of rotatable bonds is 4. The molecule has 0 saturated carbocycles. The second-order valence-corrected chi connectivity index (χ2v) is 6.42. The van der Waals surface area contributed by atoms with Crippen LogP contribution in [-0.4, -0.2) is 4.68 Å². The summed E-state index contributed by atoms with van der Waals surface area (Å²) >= 11 is 7.62. The number of halogens is 1. The van der Waals surface area contributed by atoms with E-state index in [1.54, 1.807) is 17.6 Å². The normalized spacial score (nSPS) is 12.6. The predicted octanol–water partition coefficient (Wildman–Crippen LogP) is 4.75. The van der Waals surface area contributed by atoms with Crippen LogP contribution in [0.25, 0.3) is 0 Å². The molecule has 0 aliphatic rings. The Hall–Kier alpha value is -1.65. The minimum Gasteiger partial charge on any atom is -0.467 e. The van der Waals surface area contributed by atoms with Gasteiger partial charge in [0.25, 0.3) is 0 Å². The molecule has 0 aliphatic heterocycles. The lowest BCUT2D eigenvalue weighted by Gasteiger charge is -2.20. The van der Waals surface area contributed by atoms with Crippen molar-refractivity contribution in [3.8, 4) is 0 Å². The van der Waals surface area contributed by atoms with Gasteiger partial charge in [0.2, 0.25) is 0 Å². The summed E-state index contributed by atoms with van der Waals surface area (Å²) in [7, 11) is 0. The molecule has 20 heavy (non-hydrogen) atoms. The van der Waals surface area contributed by atoms with Gasteiger partial charge in [-0.3, -0.25) is 4.68 Å². The minimum atomic E-state index is -0.0488. The summed E-state index contributed by atoms with van der Waals surface area (Å²) < 4.78 is 8.42. The molecule has 1 atom stereocenters. The van der Waals surface area contributed by atoms with E-state index in [0.29, 0.717) is 0 Å². The van der Waals surface area contributed by atoms with Gasteiger partial charge in [-0.05, 0) is 50.2 Å². The van der Waals surface area contributed by atoms with Crippen molar-refractivity contribution in [1.29, 1.82) is 0 Å². The molecule has 104 valence electrons. The van der Waals surface area contributed by atoms with Gasteiger partial charge in [0, 0.05) is 16.3 Å². The Morgan fingerprint density at radius 2 is 1.90 bits per heavy atom. The molecule has 0 fully saturated rings. The Balaban J connectivity index is 1.99. The maximum atomic E-state index is 6.06. The van der Waals surface area contributed by atoms with Gasteiger partial charge in [0.15, 0.2) is 0 Å². The van der Waals surface area contributed by atoms with Crippen molar-refractivity contribution in [1.82, 2.24) is 4.68 Å². The van der Waals surface area contributed by atoms with Crippen LogP contribution in [-0.2, 0) is 0 Å². The number of aromatic nitrogens is 1. The van der Waals surface area contributed by atoms with Gasteiger partial charge in [-0.25, -0.2) is 0 Å². The number of aryl methyl sites for hydroxylation is 2. The lowest BCUT2D eigenvalue weighted by molar-refractivity contribution is 0.488. The quantitative estimate of drug-likeness (QED) is 0.754. The summed E-state index contributed by atoms with van der Waals surface area (Å²) in [4.78, 5) is 1.12. The molecule has 0 saturated heterocycles. The van der Waals surface area contributed by atoms with Gasteiger partial charge in [-0.15, -0.1) is 11.3 Å². The first-order valence-corrected chi connectivity index (χ1v) is 7.55. The first-order chi connectivity index (χ1) is 9.65. The molecule has 3 heterocycles. The van der Waals surface area contributed by atoms with Crippen LogP contribution < -0.4 is 5.43 Å². The summed E-state index contributed by atoms with van der Waals surface area (Å²) in [5, 5.41) is 0. The predicted molar refractivity (Wildman–Crippen MR) is 83.1 cm³/mol. The third-order valence-corrected chi connectivity index (χ3v) is 4.53. The number of nitrogens with zero attached hydrogens (tertiary/aromatic N) is 1. The Morgan fingerprint density at radius 3 is 2.45 bits per heavy atom. The zero-order valence-electron chi connectivity index (χ0n) is 11.3. The van der Waals surface area contributed by atoms with Crippen molar-refractivity contribution in [2.24, 2.45) is 0 Å². The SMILES string of the molecule is Cc1ccc(C)n1NC(c1ccco1)c1ccc(Cl)s1. The number of furan rings is 1. The number of nitrogens with one attached hydrogen (secondary N) is 1. The summed E-state index contributed by atoms with van der Waals surface area (Å²) in [5.74, 6) is 0.871. The smallest absolute Gasteiger partial charge is 0.134 e. The Kier molecular flexibility index (Phi) is 3.59. The molecule has 0 radical (unpaired) electrons. The lowest BCUT2D eigenvalue weighted by atomic mass is 10.2. The first-order valence-electron chi connectivity index (χ1n) is 6.35. The molecular weight excluding hydrogens is 292 g/mol. The van der Waals surface area contributed by atoms with E-state index in [4.69, 9.17) is 16.0 Å². The van der Waals surface area contributed by atoms with Crippen LogP contribution in [0.15, 0.2) is 47.1 Å². The third kappa shape index (κ3) is 2.49. The molecule has 3 nitrogen and oxygen atoms in total. The second-order valence-electron chi connectivity index (χ2n) is 4.67. The molecule has 0 aliphatic carbocycles. The maximum Gasteiger partial charge on any atom is 0.134 e.